The molecule has 0 atom stereocenters. The first kappa shape index (κ1) is 14.0. The summed E-state index contributed by atoms with van der Waals surface area (Å²) in [5, 5.41) is 3.20. The Labute approximate surface area is 126 Å². The zero-order chi connectivity index (χ0) is 15.0. The van der Waals surface area contributed by atoms with Gasteiger partial charge in [-0.25, -0.2) is 20.2 Å². The number of anilines is 3. The average molecular weight is 308 g/mol. The first-order valence-electron chi connectivity index (χ1n) is 6.65. The van der Waals surface area contributed by atoms with Crippen LogP contribution in [-0.4, -0.2) is 9.97 Å². The van der Waals surface area contributed by atoms with E-state index in [1.807, 2.05) is 6.92 Å². The molecular weight excluding hydrogens is 293 g/mol. The topological polar surface area (TPSA) is 75.9 Å². The highest BCUT2D eigenvalue weighted by molar-refractivity contribution is 6.31. The Morgan fingerprint density at radius 2 is 2.00 bits per heavy atom. The number of benzene rings is 1. The first-order chi connectivity index (χ1) is 10.1. The fourth-order valence-corrected chi connectivity index (χ4v) is 2.21. The molecule has 1 aromatic carbocycles. The Balaban J connectivity index is 1.96. The second-order valence-electron chi connectivity index (χ2n) is 5.08. The van der Waals surface area contributed by atoms with Crippen LogP contribution in [0.3, 0.4) is 0 Å². The predicted molar refractivity (Wildman–Crippen MR) is 81.2 cm³/mol. The Hall–Kier alpha value is -1.92. The van der Waals surface area contributed by atoms with Crippen LogP contribution in [0.4, 0.5) is 21.7 Å². The number of rotatable bonds is 4. The second kappa shape index (κ2) is 5.46. The molecule has 21 heavy (non-hydrogen) atoms. The number of halogens is 2. The molecule has 0 unspecified atom stereocenters. The van der Waals surface area contributed by atoms with Crippen LogP contribution >= 0.6 is 11.6 Å². The lowest BCUT2D eigenvalue weighted by atomic mass is 10.2. The zero-order valence-corrected chi connectivity index (χ0v) is 12.2. The first-order valence-corrected chi connectivity index (χ1v) is 7.03. The van der Waals surface area contributed by atoms with E-state index in [9.17, 15) is 4.39 Å². The van der Waals surface area contributed by atoms with Gasteiger partial charge in [0.1, 0.15) is 23.3 Å². The third-order valence-corrected chi connectivity index (χ3v) is 3.71. The fraction of sp³-hybridized carbons (Fsp3) is 0.286. The van der Waals surface area contributed by atoms with Crippen molar-refractivity contribution in [2.24, 2.45) is 5.84 Å². The van der Waals surface area contributed by atoms with Gasteiger partial charge in [-0.1, -0.05) is 11.6 Å². The smallest absolute Gasteiger partial charge is 0.148 e. The third-order valence-electron chi connectivity index (χ3n) is 3.42. The van der Waals surface area contributed by atoms with Gasteiger partial charge < -0.3 is 10.7 Å². The molecule has 1 heterocycles. The standard InChI is InChI=1S/C14H15ClFN5/c1-7-12(18-9-4-5-11(16)10(15)6-9)19-14(8-2-3-8)20-13(7)21-17/h4-6,8H,2-3,17H2,1H3,(H2,18,19,20,21). The Morgan fingerprint density at radius 1 is 1.29 bits per heavy atom. The maximum Gasteiger partial charge on any atom is 0.148 e. The maximum atomic E-state index is 13.2. The molecule has 0 amide bonds. The minimum Gasteiger partial charge on any atom is -0.340 e. The highest BCUT2D eigenvalue weighted by Crippen LogP contribution is 2.39. The van der Waals surface area contributed by atoms with Gasteiger partial charge in [-0.15, -0.1) is 0 Å². The van der Waals surface area contributed by atoms with Gasteiger partial charge >= 0.3 is 0 Å². The number of aromatic nitrogens is 2. The van der Waals surface area contributed by atoms with Crippen LogP contribution in [0.2, 0.25) is 5.02 Å². The minimum absolute atomic E-state index is 0.0614. The van der Waals surface area contributed by atoms with Gasteiger partial charge in [0.05, 0.1) is 5.02 Å². The summed E-state index contributed by atoms with van der Waals surface area (Å²) in [4.78, 5) is 8.95. The van der Waals surface area contributed by atoms with Crippen molar-refractivity contribution in [1.82, 2.24) is 9.97 Å². The van der Waals surface area contributed by atoms with E-state index in [2.05, 4.69) is 20.7 Å². The SMILES string of the molecule is Cc1c(NN)nc(C2CC2)nc1Nc1ccc(F)c(Cl)c1. The van der Waals surface area contributed by atoms with Gasteiger partial charge in [0.25, 0.3) is 0 Å². The molecule has 2 aromatic rings. The molecule has 0 bridgehead atoms. The number of hydrogen-bond donors (Lipinski definition) is 3. The largest absolute Gasteiger partial charge is 0.340 e. The summed E-state index contributed by atoms with van der Waals surface area (Å²) in [6.45, 7) is 1.86. The van der Waals surface area contributed by atoms with Crippen molar-refractivity contribution >= 4 is 28.9 Å². The summed E-state index contributed by atoms with van der Waals surface area (Å²) in [5.41, 5.74) is 4.04. The van der Waals surface area contributed by atoms with E-state index in [1.54, 1.807) is 6.07 Å². The number of hydrazine groups is 1. The van der Waals surface area contributed by atoms with Crippen molar-refractivity contribution < 1.29 is 4.39 Å². The van der Waals surface area contributed by atoms with E-state index >= 15 is 0 Å². The monoisotopic (exact) mass is 307 g/mol. The number of nitrogens with one attached hydrogen (secondary N) is 2. The quantitative estimate of drug-likeness (QED) is 0.595. The van der Waals surface area contributed by atoms with Crippen molar-refractivity contribution in [3.05, 3.63) is 40.4 Å². The molecule has 1 fully saturated rings. The molecule has 0 saturated heterocycles. The molecule has 4 N–H and O–H groups in total. The normalized spacial score (nSPS) is 14.1. The van der Waals surface area contributed by atoms with Crippen LogP contribution in [0.5, 0.6) is 0 Å². The molecule has 1 aliphatic carbocycles. The number of nitrogens with two attached hydrogens (primary N) is 1. The molecule has 0 aliphatic heterocycles. The Kier molecular flexibility index (Phi) is 3.65. The third kappa shape index (κ3) is 2.91. The van der Waals surface area contributed by atoms with Crippen molar-refractivity contribution in [1.29, 1.82) is 0 Å². The lowest BCUT2D eigenvalue weighted by Crippen LogP contribution is -2.13. The van der Waals surface area contributed by atoms with Crippen LogP contribution in [0, 0.1) is 12.7 Å². The van der Waals surface area contributed by atoms with E-state index in [0.29, 0.717) is 23.2 Å². The van der Waals surface area contributed by atoms with Crippen LogP contribution in [0.15, 0.2) is 18.2 Å². The number of nitrogens with zero attached hydrogens (tertiary/aromatic N) is 2. The van der Waals surface area contributed by atoms with E-state index < -0.39 is 5.82 Å². The van der Waals surface area contributed by atoms with E-state index in [1.165, 1.54) is 12.1 Å². The zero-order valence-electron chi connectivity index (χ0n) is 11.5. The number of nitrogen functional groups attached to an aromatic ring is 1. The van der Waals surface area contributed by atoms with E-state index in [4.69, 9.17) is 17.4 Å². The minimum atomic E-state index is -0.454. The van der Waals surface area contributed by atoms with Gasteiger partial charge in [0.2, 0.25) is 0 Å². The molecular formula is C14H15ClFN5. The molecule has 1 aliphatic rings. The highest BCUT2D eigenvalue weighted by atomic mass is 35.5. The van der Waals surface area contributed by atoms with Gasteiger partial charge in [-0.2, -0.15) is 0 Å². The molecule has 7 heteroatoms. The van der Waals surface area contributed by atoms with Crippen molar-refractivity contribution in [2.45, 2.75) is 25.7 Å². The second-order valence-corrected chi connectivity index (χ2v) is 5.48. The molecule has 3 rings (SSSR count). The molecule has 0 radical (unpaired) electrons. The summed E-state index contributed by atoms with van der Waals surface area (Å²) in [7, 11) is 0. The van der Waals surface area contributed by atoms with Crippen molar-refractivity contribution in [2.75, 3.05) is 10.7 Å². The van der Waals surface area contributed by atoms with Crippen molar-refractivity contribution in [3.8, 4) is 0 Å². The highest BCUT2D eigenvalue weighted by Gasteiger charge is 2.28. The lowest BCUT2D eigenvalue weighted by Gasteiger charge is -2.13. The number of hydrogen-bond acceptors (Lipinski definition) is 5. The molecule has 0 spiro atoms. The maximum absolute atomic E-state index is 13.2. The lowest BCUT2D eigenvalue weighted by molar-refractivity contribution is 0.628. The van der Waals surface area contributed by atoms with Crippen LogP contribution < -0.4 is 16.6 Å². The van der Waals surface area contributed by atoms with Gasteiger partial charge in [-0.3, -0.25) is 0 Å². The fourth-order valence-electron chi connectivity index (χ4n) is 2.03. The summed E-state index contributed by atoms with van der Waals surface area (Å²) in [6, 6.07) is 4.44. The summed E-state index contributed by atoms with van der Waals surface area (Å²) in [6.07, 6.45) is 2.18. The Bertz CT molecular complexity index is 687. The van der Waals surface area contributed by atoms with Crippen LogP contribution in [0.1, 0.15) is 30.1 Å². The average Bonchev–Trinajstić information content (AvgIpc) is 3.29. The summed E-state index contributed by atoms with van der Waals surface area (Å²) >= 11 is 5.79. The predicted octanol–water partition coefficient (Wildman–Crippen LogP) is 3.48. The van der Waals surface area contributed by atoms with Crippen LogP contribution in [0.25, 0.3) is 0 Å². The molecule has 1 saturated carbocycles. The molecule has 5 nitrogen and oxygen atoms in total. The van der Waals surface area contributed by atoms with Crippen molar-refractivity contribution in [3.63, 3.8) is 0 Å². The van der Waals surface area contributed by atoms with Gasteiger partial charge in [0, 0.05) is 17.2 Å². The van der Waals surface area contributed by atoms with Gasteiger partial charge in [-0.05, 0) is 38.0 Å². The van der Waals surface area contributed by atoms with Gasteiger partial charge in [0.15, 0.2) is 0 Å². The van der Waals surface area contributed by atoms with E-state index in [-0.39, 0.29) is 5.02 Å². The Morgan fingerprint density at radius 3 is 2.62 bits per heavy atom. The van der Waals surface area contributed by atoms with Crippen LogP contribution in [-0.2, 0) is 0 Å². The molecule has 110 valence electrons. The van der Waals surface area contributed by atoms with E-state index in [0.717, 1.165) is 24.2 Å². The molecule has 1 aromatic heterocycles. The summed E-state index contributed by atoms with van der Waals surface area (Å²) < 4.78 is 13.2. The summed E-state index contributed by atoms with van der Waals surface area (Å²) in [5.74, 6) is 7.45.